The Morgan fingerprint density at radius 1 is 0.971 bits per heavy atom. The predicted octanol–water partition coefficient (Wildman–Crippen LogP) is 1.99. The highest BCUT2D eigenvalue weighted by Gasteiger charge is 2.33. The first-order valence-corrected chi connectivity index (χ1v) is 11.4. The number of imide groups is 1. The van der Waals surface area contributed by atoms with Crippen molar-refractivity contribution in [3.63, 3.8) is 0 Å². The molecule has 1 N–H and O–H groups in total. The van der Waals surface area contributed by atoms with E-state index in [9.17, 15) is 9.59 Å². The lowest BCUT2D eigenvalue weighted by molar-refractivity contribution is -0.122. The van der Waals surface area contributed by atoms with Gasteiger partial charge in [-0.15, -0.1) is 0 Å². The summed E-state index contributed by atoms with van der Waals surface area (Å²) in [7, 11) is 3.12. The summed E-state index contributed by atoms with van der Waals surface area (Å²) in [6.45, 7) is 5.00. The van der Waals surface area contributed by atoms with Crippen LogP contribution < -0.4 is 19.7 Å². The molecule has 1 aromatic carbocycles. The van der Waals surface area contributed by atoms with Crippen LogP contribution in [0.3, 0.4) is 0 Å². The molecule has 2 aromatic rings. The number of hydrogen-bond acceptors (Lipinski definition) is 8. The number of rotatable bonds is 9. The number of anilines is 1. The van der Waals surface area contributed by atoms with E-state index in [0.29, 0.717) is 18.0 Å². The summed E-state index contributed by atoms with van der Waals surface area (Å²) in [5, 5.41) is 2.68. The number of benzene rings is 1. The zero-order chi connectivity index (χ0) is 23.9. The fourth-order valence-electron chi connectivity index (χ4n) is 4.12. The molecule has 2 saturated heterocycles. The number of urea groups is 1. The van der Waals surface area contributed by atoms with E-state index in [2.05, 4.69) is 25.1 Å². The van der Waals surface area contributed by atoms with Crippen molar-refractivity contribution in [3.8, 4) is 11.5 Å². The molecule has 0 unspecified atom stereocenters. The molecule has 1 aromatic heterocycles. The van der Waals surface area contributed by atoms with Gasteiger partial charge < -0.3 is 19.7 Å². The van der Waals surface area contributed by atoms with E-state index in [1.165, 1.54) is 4.90 Å². The topological polar surface area (TPSA) is 100 Å². The Morgan fingerprint density at radius 3 is 2.38 bits per heavy atom. The molecular weight excluding hydrogens is 436 g/mol. The quantitative estimate of drug-likeness (QED) is 0.340. The summed E-state index contributed by atoms with van der Waals surface area (Å²) in [5.41, 5.74) is 1.000. The first kappa shape index (κ1) is 23.5. The number of nitrogens with one attached hydrogen (secondary N) is 1. The van der Waals surface area contributed by atoms with Gasteiger partial charge in [-0.25, -0.2) is 14.8 Å². The molecule has 0 atom stereocenters. The van der Waals surface area contributed by atoms with Crippen LogP contribution in [0, 0.1) is 0 Å². The minimum Gasteiger partial charge on any atom is -0.493 e. The van der Waals surface area contributed by atoms with Crippen molar-refractivity contribution in [1.82, 2.24) is 25.1 Å². The first-order chi connectivity index (χ1) is 16.6. The highest BCUT2D eigenvalue weighted by molar-refractivity contribution is 6.13. The second kappa shape index (κ2) is 11.0. The molecule has 0 bridgehead atoms. The largest absolute Gasteiger partial charge is 0.493 e. The number of unbranched alkanes of at least 4 members (excludes halogenated alkanes) is 1. The smallest absolute Gasteiger partial charge is 0.329 e. The van der Waals surface area contributed by atoms with Crippen LogP contribution in [0.25, 0.3) is 6.08 Å². The first-order valence-electron chi connectivity index (χ1n) is 11.4. The Bertz CT molecular complexity index is 1040. The molecular formula is C24H30N6O4. The Hall–Kier alpha value is -3.66. The molecule has 180 valence electrons. The predicted molar refractivity (Wildman–Crippen MR) is 128 cm³/mol. The lowest BCUT2D eigenvalue weighted by Crippen LogP contribution is -2.47. The van der Waals surface area contributed by atoms with Crippen LogP contribution >= 0.6 is 0 Å². The van der Waals surface area contributed by atoms with Gasteiger partial charge in [-0.3, -0.25) is 14.6 Å². The van der Waals surface area contributed by atoms with Crippen molar-refractivity contribution in [2.45, 2.75) is 12.8 Å². The molecule has 4 rings (SSSR count). The van der Waals surface area contributed by atoms with E-state index in [4.69, 9.17) is 9.47 Å². The standard InChI is InChI=1S/C24H30N6O4/c1-33-20-7-6-18(17-21(20)34-2)16-19-22(31)30(24(32)27-19)11-4-3-10-28-12-14-29(15-13-28)23-25-8-5-9-26-23/h5-9,16-17H,3-4,10-15H2,1-2H3,(H,27,32)/b19-16-. The minimum absolute atomic E-state index is 0.261. The number of carbonyl (C=O) groups is 2. The molecule has 0 spiro atoms. The summed E-state index contributed by atoms with van der Waals surface area (Å²) in [6, 6.07) is 6.77. The molecule has 0 saturated carbocycles. The fourth-order valence-corrected chi connectivity index (χ4v) is 4.12. The number of aromatic nitrogens is 2. The van der Waals surface area contributed by atoms with E-state index in [1.54, 1.807) is 50.9 Å². The summed E-state index contributed by atoms with van der Waals surface area (Å²) >= 11 is 0. The van der Waals surface area contributed by atoms with Gasteiger partial charge in [0, 0.05) is 45.1 Å². The fraction of sp³-hybridized carbons (Fsp3) is 0.417. The third-order valence-electron chi connectivity index (χ3n) is 5.99. The zero-order valence-corrected chi connectivity index (χ0v) is 19.6. The van der Waals surface area contributed by atoms with Crippen molar-refractivity contribution in [2.75, 3.05) is 58.4 Å². The van der Waals surface area contributed by atoms with Crippen LogP contribution in [0.15, 0.2) is 42.4 Å². The second-order valence-electron chi connectivity index (χ2n) is 8.14. The summed E-state index contributed by atoms with van der Waals surface area (Å²) in [6.07, 6.45) is 6.84. The Morgan fingerprint density at radius 2 is 1.68 bits per heavy atom. The number of nitrogens with zero attached hydrogens (tertiary/aromatic N) is 5. The average molecular weight is 467 g/mol. The molecule has 3 heterocycles. The number of amides is 3. The van der Waals surface area contributed by atoms with Gasteiger partial charge in [0.2, 0.25) is 5.95 Å². The normalized spacial score (nSPS) is 17.9. The molecule has 2 aliphatic rings. The molecule has 2 aliphatic heterocycles. The van der Waals surface area contributed by atoms with E-state index in [-0.39, 0.29) is 17.6 Å². The summed E-state index contributed by atoms with van der Waals surface area (Å²) in [4.78, 5) is 39.6. The van der Waals surface area contributed by atoms with Crippen molar-refractivity contribution < 1.29 is 19.1 Å². The third kappa shape index (κ3) is 5.45. The van der Waals surface area contributed by atoms with Gasteiger partial charge >= 0.3 is 6.03 Å². The third-order valence-corrected chi connectivity index (χ3v) is 5.99. The van der Waals surface area contributed by atoms with Crippen LogP contribution in [-0.4, -0.2) is 85.2 Å². The lowest BCUT2D eigenvalue weighted by atomic mass is 10.1. The van der Waals surface area contributed by atoms with Crippen LogP contribution in [0.4, 0.5) is 10.7 Å². The summed E-state index contributed by atoms with van der Waals surface area (Å²) in [5.74, 6) is 1.62. The van der Waals surface area contributed by atoms with E-state index < -0.39 is 0 Å². The molecule has 34 heavy (non-hydrogen) atoms. The maximum absolute atomic E-state index is 12.8. The number of methoxy groups -OCH3 is 2. The van der Waals surface area contributed by atoms with E-state index in [1.807, 2.05) is 6.07 Å². The number of ether oxygens (including phenoxy) is 2. The molecule has 0 aliphatic carbocycles. The van der Waals surface area contributed by atoms with Gasteiger partial charge in [-0.2, -0.15) is 0 Å². The lowest BCUT2D eigenvalue weighted by Gasteiger charge is -2.34. The van der Waals surface area contributed by atoms with Crippen LogP contribution in [0.5, 0.6) is 11.5 Å². The number of carbonyl (C=O) groups excluding carboxylic acids is 2. The molecule has 10 nitrogen and oxygen atoms in total. The van der Waals surface area contributed by atoms with Gasteiger partial charge in [0.05, 0.1) is 14.2 Å². The highest BCUT2D eigenvalue weighted by atomic mass is 16.5. The van der Waals surface area contributed by atoms with Crippen LogP contribution in [0.1, 0.15) is 18.4 Å². The Kier molecular flexibility index (Phi) is 7.58. The van der Waals surface area contributed by atoms with E-state index >= 15 is 0 Å². The molecule has 3 amide bonds. The number of hydrogen-bond donors (Lipinski definition) is 1. The van der Waals surface area contributed by atoms with Crippen molar-refractivity contribution in [1.29, 1.82) is 0 Å². The van der Waals surface area contributed by atoms with Gasteiger partial charge in [-0.05, 0) is 49.2 Å². The van der Waals surface area contributed by atoms with Crippen molar-refractivity contribution in [3.05, 3.63) is 47.9 Å². The number of piperazine rings is 1. The van der Waals surface area contributed by atoms with Gasteiger partial charge in [0.15, 0.2) is 11.5 Å². The monoisotopic (exact) mass is 466 g/mol. The molecule has 10 heteroatoms. The van der Waals surface area contributed by atoms with Gasteiger partial charge in [0.1, 0.15) is 5.70 Å². The minimum atomic E-state index is -0.381. The van der Waals surface area contributed by atoms with Crippen LogP contribution in [0.2, 0.25) is 0 Å². The highest BCUT2D eigenvalue weighted by Crippen LogP contribution is 2.28. The molecule has 2 fully saturated rings. The van der Waals surface area contributed by atoms with Crippen molar-refractivity contribution >= 4 is 24.0 Å². The van der Waals surface area contributed by atoms with E-state index in [0.717, 1.165) is 57.1 Å². The molecule has 0 radical (unpaired) electrons. The van der Waals surface area contributed by atoms with Gasteiger partial charge in [-0.1, -0.05) is 6.07 Å². The van der Waals surface area contributed by atoms with Crippen molar-refractivity contribution in [2.24, 2.45) is 0 Å². The second-order valence-corrected chi connectivity index (χ2v) is 8.14. The Labute approximate surface area is 199 Å². The average Bonchev–Trinajstić information content (AvgIpc) is 3.14. The SMILES string of the molecule is COc1ccc(/C=C2\NC(=O)N(CCCCN3CCN(c4ncccn4)CC3)C2=O)cc1OC. The van der Waals surface area contributed by atoms with Crippen LogP contribution in [-0.2, 0) is 4.79 Å². The zero-order valence-electron chi connectivity index (χ0n) is 19.6. The Balaban J connectivity index is 1.23. The maximum Gasteiger partial charge on any atom is 0.329 e. The van der Waals surface area contributed by atoms with Gasteiger partial charge in [0.25, 0.3) is 5.91 Å². The maximum atomic E-state index is 12.8. The summed E-state index contributed by atoms with van der Waals surface area (Å²) < 4.78 is 10.5.